The zero-order valence-corrected chi connectivity index (χ0v) is 26.2. The minimum atomic E-state index is -4.16. The Balaban J connectivity index is 2.06. The lowest BCUT2D eigenvalue weighted by Gasteiger charge is -2.33. The molecule has 7 nitrogen and oxygen atoms in total. The van der Waals surface area contributed by atoms with Gasteiger partial charge >= 0.3 is 0 Å². The molecular weight excluding hydrogens is 558 g/mol. The number of hydrogen-bond donors (Lipinski definition) is 1. The molecule has 3 aromatic carbocycles. The Morgan fingerprint density at radius 3 is 2.10 bits per heavy atom. The van der Waals surface area contributed by atoms with Crippen LogP contribution in [0.4, 0.5) is 5.69 Å². The minimum absolute atomic E-state index is 0.0136. The maximum atomic E-state index is 14.1. The molecule has 220 valence electrons. The number of hydrogen-bond acceptors (Lipinski definition) is 4. The topological polar surface area (TPSA) is 86.8 Å². The maximum Gasteiger partial charge on any atom is 0.264 e. The first-order valence-electron chi connectivity index (χ1n) is 13.8. The van der Waals surface area contributed by atoms with E-state index < -0.39 is 28.5 Å². The summed E-state index contributed by atoms with van der Waals surface area (Å²) in [4.78, 5) is 29.0. The molecule has 0 saturated carbocycles. The van der Waals surface area contributed by atoms with E-state index in [-0.39, 0.29) is 23.3 Å². The van der Waals surface area contributed by atoms with Crippen molar-refractivity contribution in [3.05, 3.63) is 94.0 Å². The van der Waals surface area contributed by atoms with Gasteiger partial charge in [-0.05, 0) is 86.2 Å². The molecular formula is C32H40ClN3O4S. The predicted octanol–water partition coefficient (Wildman–Crippen LogP) is 6.04. The van der Waals surface area contributed by atoms with Crippen LogP contribution < -0.4 is 9.62 Å². The summed E-state index contributed by atoms with van der Waals surface area (Å²) in [6.45, 7) is 11.8. The van der Waals surface area contributed by atoms with E-state index in [9.17, 15) is 18.0 Å². The molecule has 0 aliphatic carbocycles. The van der Waals surface area contributed by atoms with Gasteiger partial charge in [0, 0.05) is 18.1 Å². The number of rotatable bonds is 12. The van der Waals surface area contributed by atoms with E-state index in [0.29, 0.717) is 23.7 Å². The van der Waals surface area contributed by atoms with Crippen LogP contribution in [0.25, 0.3) is 0 Å². The van der Waals surface area contributed by atoms with Crippen molar-refractivity contribution in [1.82, 2.24) is 10.2 Å². The van der Waals surface area contributed by atoms with Gasteiger partial charge in [0.2, 0.25) is 11.8 Å². The van der Waals surface area contributed by atoms with Crippen LogP contribution >= 0.6 is 11.6 Å². The molecule has 0 unspecified atom stereocenters. The van der Waals surface area contributed by atoms with Crippen molar-refractivity contribution >= 4 is 39.1 Å². The van der Waals surface area contributed by atoms with E-state index in [1.807, 2.05) is 71.9 Å². The summed E-state index contributed by atoms with van der Waals surface area (Å²) < 4.78 is 29.1. The van der Waals surface area contributed by atoms with Gasteiger partial charge in [-0.1, -0.05) is 68.3 Å². The lowest BCUT2D eigenvalue weighted by atomic mass is 10.1. The highest BCUT2D eigenvalue weighted by Crippen LogP contribution is 2.27. The molecule has 0 radical (unpaired) electrons. The van der Waals surface area contributed by atoms with Gasteiger partial charge in [-0.2, -0.15) is 0 Å². The molecule has 0 saturated heterocycles. The van der Waals surface area contributed by atoms with Crippen molar-refractivity contribution in [1.29, 1.82) is 0 Å². The number of halogens is 1. The molecule has 3 aromatic rings. The Bertz CT molecular complexity index is 1460. The second-order valence-corrected chi connectivity index (χ2v) is 13.1. The van der Waals surface area contributed by atoms with Crippen molar-refractivity contribution < 1.29 is 18.0 Å². The lowest BCUT2D eigenvalue weighted by molar-refractivity contribution is -0.140. The molecule has 0 aliphatic heterocycles. The summed E-state index contributed by atoms with van der Waals surface area (Å²) in [5.74, 6) is -0.504. The van der Waals surface area contributed by atoms with E-state index in [2.05, 4.69) is 5.32 Å². The molecule has 3 rings (SSSR count). The third kappa shape index (κ3) is 8.33. The molecule has 0 spiro atoms. The second kappa shape index (κ2) is 14.0. The fourth-order valence-electron chi connectivity index (χ4n) is 4.38. The van der Waals surface area contributed by atoms with Gasteiger partial charge < -0.3 is 10.2 Å². The number of aryl methyl sites for hydroxylation is 3. The lowest BCUT2D eigenvalue weighted by Crippen LogP contribution is -2.52. The minimum Gasteiger partial charge on any atom is -0.354 e. The van der Waals surface area contributed by atoms with Gasteiger partial charge in [-0.25, -0.2) is 8.42 Å². The normalized spacial score (nSPS) is 12.2. The van der Waals surface area contributed by atoms with Crippen LogP contribution in [-0.2, 0) is 26.2 Å². The van der Waals surface area contributed by atoms with Crippen molar-refractivity contribution in [3.63, 3.8) is 0 Å². The van der Waals surface area contributed by atoms with Gasteiger partial charge in [-0.3, -0.25) is 13.9 Å². The maximum absolute atomic E-state index is 14.1. The van der Waals surface area contributed by atoms with Crippen molar-refractivity contribution in [3.8, 4) is 0 Å². The Morgan fingerprint density at radius 1 is 0.902 bits per heavy atom. The zero-order valence-electron chi connectivity index (χ0n) is 24.6. The Kier molecular flexibility index (Phi) is 11.0. The van der Waals surface area contributed by atoms with Crippen LogP contribution in [0.5, 0.6) is 0 Å². The molecule has 9 heteroatoms. The summed E-state index contributed by atoms with van der Waals surface area (Å²) in [7, 11) is -4.16. The Hall–Kier alpha value is -3.36. The summed E-state index contributed by atoms with van der Waals surface area (Å²) in [6, 6.07) is 18.1. The molecule has 0 heterocycles. The average molecular weight is 598 g/mol. The molecule has 1 atom stereocenters. The molecule has 1 N–H and O–H groups in total. The predicted molar refractivity (Wildman–Crippen MR) is 166 cm³/mol. The van der Waals surface area contributed by atoms with Crippen molar-refractivity contribution in [2.75, 3.05) is 17.4 Å². The van der Waals surface area contributed by atoms with Crippen molar-refractivity contribution in [2.24, 2.45) is 5.92 Å². The van der Waals surface area contributed by atoms with Crippen LogP contribution in [0.3, 0.4) is 0 Å². The molecule has 2 amide bonds. The number of nitrogens with zero attached hydrogens (tertiary/aromatic N) is 2. The summed E-state index contributed by atoms with van der Waals surface area (Å²) in [6.07, 6.45) is 0.370. The van der Waals surface area contributed by atoms with Crippen LogP contribution in [0.2, 0.25) is 5.02 Å². The number of carbonyl (C=O) groups excluding carboxylic acids is 2. The zero-order chi connectivity index (χ0) is 30.3. The van der Waals surface area contributed by atoms with Crippen LogP contribution in [0.1, 0.15) is 49.4 Å². The van der Waals surface area contributed by atoms with Gasteiger partial charge in [0.1, 0.15) is 12.6 Å². The van der Waals surface area contributed by atoms with Crippen LogP contribution in [-0.4, -0.2) is 44.3 Å². The number of carbonyl (C=O) groups is 2. The Labute approximate surface area is 249 Å². The number of nitrogens with one attached hydrogen (secondary N) is 1. The first-order chi connectivity index (χ1) is 19.3. The Morgan fingerprint density at radius 2 is 1.54 bits per heavy atom. The average Bonchev–Trinajstić information content (AvgIpc) is 2.93. The highest BCUT2D eigenvalue weighted by atomic mass is 35.5. The van der Waals surface area contributed by atoms with Crippen LogP contribution in [0.15, 0.2) is 71.6 Å². The van der Waals surface area contributed by atoms with E-state index in [0.717, 1.165) is 26.6 Å². The van der Waals surface area contributed by atoms with Crippen LogP contribution in [0, 0.1) is 26.7 Å². The molecule has 0 aliphatic rings. The molecule has 0 aromatic heterocycles. The number of amides is 2. The fraction of sp³-hybridized carbons (Fsp3) is 0.375. The quantitative estimate of drug-likeness (QED) is 0.276. The van der Waals surface area contributed by atoms with Gasteiger partial charge in [-0.15, -0.1) is 0 Å². The van der Waals surface area contributed by atoms with E-state index in [4.69, 9.17) is 11.6 Å². The second-order valence-electron chi connectivity index (χ2n) is 10.8. The number of anilines is 1. The summed E-state index contributed by atoms with van der Waals surface area (Å²) in [5.41, 5.74) is 4.17. The number of sulfonamides is 1. The first kappa shape index (κ1) is 32.2. The summed E-state index contributed by atoms with van der Waals surface area (Å²) in [5, 5.41) is 3.35. The third-order valence-electron chi connectivity index (χ3n) is 7.00. The fourth-order valence-corrected chi connectivity index (χ4v) is 5.91. The largest absolute Gasteiger partial charge is 0.354 e. The monoisotopic (exact) mass is 597 g/mol. The van der Waals surface area contributed by atoms with Gasteiger partial charge in [0.15, 0.2) is 0 Å². The van der Waals surface area contributed by atoms with Gasteiger partial charge in [0.05, 0.1) is 10.6 Å². The highest BCUT2D eigenvalue weighted by Gasteiger charge is 2.33. The van der Waals surface area contributed by atoms with E-state index in [1.165, 1.54) is 29.2 Å². The highest BCUT2D eigenvalue weighted by molar-refractivity contribution is 7.92. The molecule has 0 bridgehead atoms. The smallest absolute Gasteiger partial charge is 0.264 e. The SMILES string of the molecule is CC[C@H](C(=O)NCC(C)C)N(Cc1ccc(C)cc1)C(=O)CN(c1ccc(C)c(C)c1)S(=O)(=O)c1ccc(Cl)cc1. The standard InChI is InChI=1S/C32H40ClN3O4S/c1-7-30(32(38)34-19-22(2)3)35(20-26-11-8-23(4)9-12-26)31(37)21-36(28-15-10-24(5)25(6)18-28)41(39,40)29-16-13-27(33)14-17-29/h8-18,22,30H,7,19-21H2,1-6H3,(H,34,38)/t30-/m1/s1. The molecule has 41 heavy (non-hydrogen) atoms. The third-order valence-corrected chi connectivity index (χ3v) is 9.04. The van der Waals surface area contributed by atoms with E-state index in [1.54, 1.807) is 12.1 Å². The number of benzene rings is 3. The van der Waals surface area contributed by atoms with E-state index >= 15 is 0 Å². The van der Waals surface area contributed by atoms with Crippen molar-refractivity contribution in [2.45, 2.75) is 65.4 Å². The first-order valence-corrected chi connectivity index (χ1v) is 15.6. The van der Waals surface area contributed by atoms with Gasteiger partial charge in [0.25, 0.3) is 10.0 Å². The molecule has 0 fully saturated rings. The summed E-state index contributed by atoms with van der Waals surface area (Å²) >= 11 is 6.03.